The minimum Gasteiger partial charge on any atom is -0.308 e. The number of nitrogens with zero attached hydrogens (tertiary/aromatic N) is 2. The highest BCUT2D eigenvalue weighted by Crippen LogP contribution is 2.36. The minimum atomic E-state index is 0.401. The summed E-state index contributed by atoms with van der Waals surface area (Å²) in [4.78, 5) is 0. The van der Waals surface area contributed by atoms with E-state index in [9.17, 15) is 0 Å². The van der Waals surface area contributed by atoms with Crippen molar-refractivity contribution < 1.29 is 0 Å². The molecule has 1 heterocycles. The molecule has 2 rings (SSSR count). The Hall–Kier alpha value is -0.480. The average molecular weight is 239 g/mol. The highest BCUT2D eigenvalue weighted by Gasteiger charge is 2.22. The first kappa shape index (κ1) is 12.0. The van der Waals surface area contributed by atoms with Crippen molar-refractivity contribution in [2.75, 3.05) is 6.54 Å². The van der Waals surface area contributed by atoms with Crippen LogP contribution < -0.4 is 5.32 Å². The van der Waals surface area contributed by atoms with Crippen molar-refractivity contribution in [1.82, 2.24) is 15.5 Å². The Morgan fingerprint density at radius 2 is 2.06 bits per heavy atom. The van der Waals surface area contributed by atoms with Gasteiger partial charge in [-0.2, -0.15) is 0 Å². The molecule has 1 unspecified atom stereocenters. The van der Waals surface area contributed by atoms with Gasteiger partial charge in [0.1, 0.15) is 10.0 Å². The third-order valence-electron chi connectivity index (χ3n) is 3.32. The Morgan fingerprint density at radius 1 is 1.31 bits per heavy atom. The van der Waals surface area contributed by atoms with Crippen LogP contribution in [0.1, 0.15) is 67.9 Å². The molecule has 1 N–H and O–H groups in total. The molecule has 0 radical (unpaired) electrons. The van der Waals surface area contributed by atoms with E-state index >= 15 is 0 Å². The molecule has 1 aromatic heterocycles. The molecule has 0 aromatic carbocycles. The van der Waals surface area contributed by atoms with Crippen molar-refractivity contribution in [2.24, 2.45) is 0 Å². The van der Waals surface area contributed by atoms with E-state index in [0.29, 0.717) is 12.0 Å². The van der Waals surface area contributed by atoms with Gasteiger partial charge in [-0.25, -0.2) is 0 Å². The third-order valence-corrected chi connectivity index (χ3v) is 4.52. The lowest BCUT2D eigenvalue weighted by molar-refractivity contribution is 0.530. The third kappa shape index (κ3) is 2.61. The Morgan fingerprint density at radius 3 is 2.69 bits per heavy atom. The number of rotatable bonds is 5. The Bertz CT molecular complexity index is 318. The maximum absolute atomic E-state index is 4.38. The van der Waals surface area contributed by atoms with E-state index in [-0.39, 0.29) is 0 Å². The van der Waals surface area contributed by atoms with E-state index in [1.165, 1.54) is 35.7 Å². The smallest absolute Gasteiger partial charge is 0.134 e. The van der Waals surface area contributed by atoms with Crippen LogP contribution in [0.3, 0.4) is 0 Å². The molecule has 0 saturated heterocycles. The molecular formula is C12H21N3S. The molecule has 4 heteroatoms. The quantitative estimate of drug-likeness (QED) is 0.857. The van der Waals surface area contributed by atoms with Gasteiger partial charge in [-0.1, -0.05) is 38.0 Å². The fraction of sp³-hybridized carbons (Fsp3) is 0.833. The van der Waals surface area contributed by atoms with E-state index in [4.69, 9.17) is 0 Å². The molecule has 1 aromatic rings. The Balaban J connectivity index is 2.05. The normalized spacial score (nSPS) is 19.1. The van der Waals surface area contributed by atoms with E-state index < -0.39 is 0 Å². The number of nitrogens with one attached hydrogen (secondary N) is 1. The lowest BCUT2D eigenvalue weighted by atomic mass is 10.1. The monoisotopic (exact) mass is 239 g/mol. The van der Waals surface area contributed by atoms with E-state index in [1.54, 1.807) is 0 Å². The Kier molecular flexibility index (Phi) is 4.29. The summed E-state index contributed by atoms with van der Waals surface area (Å²) >= 11 is 1.82. The van der Waals surface area contributed by atoms with Crippen LogP contribution in [0.4, 0.5) is 0 Å². The van der Waals surface area contributed by atoms with Crippen molar-refractivity contribution in [3.05, 3.63) is 10.0 Å². The maximum atomic E-state index is 4.38. The summed E-state index contributed by atoms with van der Waals surface area (Å²) in [7, 11) is 0. The van der Waals surface area contributed by atoms with Crippen LogP contribution in [-0.4, -0.2) is 16.7 Å². The molecule has 1 aliphatic rings. The largest absolute Gasteiger partial charge is 0.308 e. The van der Waals surface area contributed by atoms with Crippen LogP contribution in [0.25, 0.3) is 0 Å². The number of hydrogen-bond acceptors (Lipinski definition) is 4. The molecule has 0 amide bonds. The van der Waals surface area contributed by atoms with Crippen molar-refractivity contribution in [3.8, 4) is 0 Å². The lowest BCUT2D eigenvalue weighted by Crippen LogP contribution is -2.19. The second-order valence-corrected chi connectivity index (χ2v) is 5.52. The van der Waals surface area contributed by atoms with Crippen LogP contribution >= 0.6 is 11.3 Å². The van der Waals surface area contributed by atoms with Gasteiger partial charge in [0.25, 0.3) is 0 Å². The predicted octanol–water partition coefficient (Wildman–Crippen LogP) is 3.26. The molecule has 1 fully saturated rings. The summed E-state index contributed by atoms with van der Waals surface area (Å²) in [5.74, 6) is 0.699. The van der Waals surface area contributed by atoms with Crippen LogP contribution in [0.5, 0.6) is 0 Å². The van der Waals surface area contributed by atoms with Gasteiger partial charge in [0.05, 0.1) is 6.04 Å². The fourth-order valence-electron chi connectivity index (χ4n) is 2.38. The fourth-order valence-corrected chi connectivity index (χ4v) is 3.55. The van der Waals surface area contributed by atoms with Gasteiger partial charge in [-0.15, -0.1) is 10.2 Å². The van der Waals surface area contributed by atoms with Gasteiger partial charge in [-0.3, -0.25) is 0 Å². The zero-order valence-electron chi connectivity index (χ0n) is 10.2. The van der Waals surface area contributed by atoms with Gasteiger partial charge in [0.15, 0.2) is 0 Å². The second-order valence-electron chi connectivity index (χ2n) is 4.48. The Labute approximate surface area is 102 Å². The molecule has 16 heavy (non-hydrogen) atoms. The summed E-state index contributed by atoms with van der Waals surface area (Å²) in [5.41, 5.74) is 0. The summed E-state index contributed by atoms with van der Waals surface area (Å²) in [6.45, 7) is 5.34. The maximum Gasteiger partial charge on any atom is 0.134 e. The van der Waals surface area contributed by atoms with Crippen molar-refractivity contribution in [2.45, 2.75) is 57.9 Å². The van der Waals surface area contributed by atoms with Crippen LogP contribution in [0.2, 0.25) is 0 Å². The van der Waals surface area contributed by atoms with Crippen molar-refractivity contribution in [1.29, 1.82) is 0 Å². The number of aromatic nitrogens is 2. The zero-order chi connectivity index (χ0) is 11.4. The van der Waals surface area contributed by atoms with Gasteiger partial charge in [-0.05, 0) is 25.8 Å². The second kappa shape index (κ2) is 5.73. The molecule has 0 aliphatic heterocycles. The first-order chi connectivity index (χ1) is 7.85. The van der Waals surface area contributed by atoms with Gasteiger partial charge in [0, 0.05) is 5.92 Å². The van der Waals surface area contributed by atoms with Gasteiger partial charge in [0.2, 0.25) is 0 Å². The highest BCUT2D eigenvalue weighted by atomic mass is 32.1. The SMILES string of the molecule is CCNC(CC)c1nnc(C2CCCC2)s1. The summed E-state index contributed by atoms with van der Waals surface area (Å²) in [5, 5.41) is 14.6. The molecular weight excluding hydrogens is 218 g/mol. The van der Waals surface area contributed by atoms with Crippen molar-refractivity contribution >= 4 is 11.3 Å². The molecule has 3 nitrogen and oxygen atoms in total. The molecule has 1 saturated carbocycles. The first-order valence-electron chi connectivity index (χ1n) is 6.41. The highest BCUT2D eigenvalue weighted by molar-refractivity contribution is 7.11. The minimum absolute atomic E-state index is 0.401. The topological polar surface area (TPSA) is 37.8 Å². The summed E-state index contributed by atoms with van der Waals surface area (Å²) in [6.07, 6.45) is 6.44. The molecule has 0 spiro atoms. The summed E-state index contributed by atoms with van der Waals surface area (Å²) < 4.78 is 0. The van der Waals surface area contributed by atoms with E-state index in [2.05, 4.69) is 29.4 Å². The van der Waals surface area contributed by atoms with E-state index in [1.807, 2.05) is 11.3 Å². The number of hydrogen-bond donors (Lipinski definition) is 1. The average Bonchev–Trinajstić information content (AvgIpc) is 2.95. The molecule has 1 atom stereocenters. The van der Waals surface area contributed by atoms with Gasteiger partial charge >= 0.3 is 0 Å². The van der Waals surface area contributed by atoms with Gasteiger partial charge < -0.3 is 5.32 Å². The van der Waals surface area contributed by atoms with Crippen LogP contribution in [-0.2, 0) is 0 Å². The van der Waals surface area contributed by atoms with Crippen LogP contribution in [0.15, 0.2) is 0 Å². The summed E-state index contributed by atoms with van der Waals surface area (Å²) in [6, 6.07) is 0.401. The van der Waals surface area contributed by atoms with E-state index in [0.717, 1.165) is 13.0 Å². The van der Waals surface area contributed by atoms with Crippen molar-refractivity contribution in [3.63, 3.8) is 0 Å². The molecule has 1 aliphatic carbocycles. The molecule has 0 bridgehead atoms. The van der Waals surface area contributed by atoms with Crippen LogP contribution in [0, 0.1) is 0 Å². The first-order valence-corrected chi connectivity index (χ1v) is 7.23. The predicted molar refractivity (Wildman–Crippen MR) is 67.8 cm³/mol. The standard InChI is InChI=1S/C12H21N3S/c1-3-10(13-4-2)12-15-14-11(16-12)9-7-5-6-8-9/h9-10,13H,3-8H2,1-2H3. The molecule has 90 valence electrons. The lowest BCUT2D eigenvalue weighted by Gasteiger charge is -2.11. The zero-order valence-corrected chi connectivity index (χ0v) is 11.0.